The molecule has 1 heterocycles. The molecule has 1 N–H and O–H groups in total. The van der Waals surface area contributed by atoms with Crippen LogP contribution in [-0.4, -0.2) is 48.8 Å². The van der Waals surface area contributed by atoms with Crippen LogP contribution in [0, 0.1) is 13.8 Å². The molecule has 0 atom stereocenters. The lowest BCUT2D eigenvalue weighted by atomic mass is 10.1. The molecule has 0 radical (unpaired) electrons. The summed E-state index contributed by atoms with van der Waals surface area (Å²) in [4.78, 5) is 38.6. The highest BCUT2D eigenvalue weighted by atomic mass is 32.2. The minimum absolute atomic E-state index is 0.0170. The lowest BCUT2D eigenvalue weighted by Crippen LogP contribution is -2.37. The number of imide groups is 1. The van der Waals surface area contributed by atoms with Crippen molar-refractivity contribution in [1.29, 1.82) is 0 Å². The molecule has 10 heteroatoms. The zero-order valence-electron chi connectivity index (χ0n) is 18.2. The van der Waals surface area contributed by atoms with Crippen molar-refractivity contribution in [3.05, 3.63) is 63.6 Å². The van der Waals surface area contributed by atoms with Gasteiger partial charge in [0.15, 0.2) is 11.5 Å². The van der Waals surface area contributed by atoms with E-state index in [0.717, 1.165) is 27.8 Å². The Labute approximate surface area is 193 Å². The van der Waals surface area contributed by atoms with Crippen LogP contribution in [0.25, 0.3) is 6.08 Å². The molecule has 0 unspecified atom stereocenters. The molecule has 0 bridgehead atoms. The van der Waals surface area contributed by atoms with Crippen LogP contribution in [0.15, 0.2) is 41.3 Å². The number of amides is 3. The number of hydrogen-bond donors (Lipinski definition) is 1. The van der Waals surface area contributed by atoms with E-state index < -0.39 is 17.8 Å². The first kappa shape index (κ1) is 24.2. The van der Waals surface area contributed by atoms with Crippen molar-refractivity contribution in [2.45, 2.75) is 20.5 Å². The number of nitrogens with one attached hydrogen (secondary N) is 1. The van der Waals surface area contributed by atoms with Gasteiger partial charge in [-0.2, -0.15) is 8.78 Å². The highest BCUT2D eigenvalue weighted by Crippen LogP contribution is 2.34. The van der Waals surface area contributed by atoms with Gasteiger partial charge in [-0.15, -0.1) is 0 Å². The van der Waals surface area contributed by atoms with Gasteiger partial charge in [0, 0.05) is 18.7 Å². The Balaban J connectivity index is 1.65. The number of carbonyl (C=O) groups excluding carboxylic acids is 3. The first-order valence-corrected chi connectivity index (χ1v) is 10.7. The summed E-state index contributed by atoms with van der Waals surface area (Å²) < 4.78 is 34.4. The second kappa shape index (κ2) is 10.5. The van der Waals surface area contributed by atoms with Gasteiger partial charge in [0.2, 0.25) is 0 Å². The van der Waals surface area contributed by atoms with E-state index in [-0.39, 0.29) is 35.4 Å². The third-order valence-corrected chi connectivity index (χ3v) is 5.74. The Bertz CT molecular complexity index is 1120. The summed E-state index contributed by atoms with van der Waals surface area (Å²) in [6.07, 6.45) is 1.47. The van der Waals surface area contributed by atoms with E-state index in [0.29, 0.717) is 11.1 Å². The minimum Gasteiger partial charge on any atom is -0.493 e. The van der Waals surface area contributed by atoms with Crippen LogP contribution in [0.1, 0.15) is 27.0 Å². The Morgan fingerprint density at radius 3 is 2.61 bits per heavy atom. The SMILES string of the molecule is COc1cc(/C=C2\SC(=O)N(CCNC(=O)c3cc(C)ccc3C)C2=O)ccc1OC(F)F. The molecule has 0 aromatic heterocycles. The predicted molar refractivity (Wildman–Crippen MR) is 121 cm³/mol. The summed E-state index contributed by atoms with van der Waals surface area (Å²) >= 11 is 0.758. The minimum atomic E-state index is -3.00. The number of benzene rings is 2. The molecule has 3 rings (SSSR count). The monoisotopic (exact) mass is 476 g/mol. The number of thioether (sulfide) groups is 1. The maximum atomic E-state index is 12.7. The largest absolute Gasteiger partial charge is 0.493 e. The molecule has 174 valence electrons. The van der Waals surface area contributed by atoms with Crippen LogP contribution in [0.5, 0.6) is 11.5 Å². The number of methoxy groups -OCH3 is 1. The summed E-state index contributed by atoms with van der Waals surface area (Å²) in [5.74, 6) is -0.857. The summed E-state index contributed by atoms with van der Waals surface area (Å²) in [6, 6.07) is 9.73. The fourth-order valence-electron chi connectivity index (χ4n) is 3.17. The number of alkyl halides is 2. The van der Waals surface area contributed by atoms with Gasteiger partial charge in [-0.1, -0.05) is 23.8 Å². The van der Waals surface area contributed by atoms with E-state index >= 15 is 0 Å². The molecule has 2 aromatic carbocycles. The second-order valence-corrected chi connectivity index (χ2v) is 8.19. The van der Waals surface area contributed by atoms with E-state index in [2.05, 4.69) is 10.1 Å². The van der Waals surface area contributed by atoms with Crippen molar-refractivity contribution in [1.82, 2.24) is 10.2 Å². The number of carbonyl (C=O) groups is 3. The van der Waals surface area contributed by atoms with E-state index in [9.17, 15) is 23.2 Å². The summed E-state index contributed by atoms with van der Waals surface area (Å²) in [7, 11) is 1.30. The number of ether oxygens (including phenoxy) is 2. The van der Waals surface area contributed by atoms with E-state index in [4.69, 9.17) is 4.74 Å². The summed E-state index contributed by atoms with van der Waals surface area (Å²) in [5.41, 5.74) is 2.79. The molecule has 1 fully saturated rings. The number of rotatable bonds is 8. The van der Waals surface area contributed by atoms with Gasteiger partial charge >= 0.3 is 6.61 Å². The standard InChI is InChI=1S/C23H22F2N2O5S/c1-13-4-5-14(2)16(10-13)20(28)26-8-9-27-21(29)19(33-23(27)30)12-15-6-7-17(32-22(24)25)18(11-15)31-3/h4-7,10-12,22H,8-9H2,1-3H3,(H,26,28)/b19-12-. The molecular weight excluding hydrogens is 454 g/mol. The van der Waals surface area contributed by atoms with Crippen molar-refractivity contribution >= 4 is 34.9 Å². The van der Waals surface area contributed by atoms with Gasteiger partial charge < -0.3 is 14.8 Å². The highest BCUT2D eigenvalue weighted by molar-refractivity contribution is 8.18. The van der Waals surface area contributed by atoms with Crippen LogP contribution >= 0.6 is 11.8 Å². The van der Waals surface area contributed by atoms with E-state index in [1.54, 1.807) is 6.07 Å². The molecular formula is C23H22F2N2O5S. The first-order valence-electron chi connectivity index (χ1n) is 9.93. The normalized spacial score (nSPS) is 14.8. The zero-order valence-corrected chi connectivity index (χ0v) is 19.0. The number of aryl methyl sites for hydroxylation is 2. The molecule has 0 saturated carbocycles. The molecule has 2 aromatic rings. The second-order valence-electron chi connectivity index (χ2n) is 7.20. The van der Waals surface area contributed by atoms with Gasteiger partial charge in [0.05, 0.1) is 12.0 Å². The van der Waals surface area contributed by atoms with Crippen molar-refractivity contribution in [2.75, 3.05) is 20.2 Å². The van der Waals surface area contributed by atoms with Crippen molar-refractivity contribution < 1.29 is 32.6 Å². The Morgan fingerprint density at radius 1 is 1.15 bits per heavy atom. The number of halogens is 2. The van der Waals surface area contributed by atoms with Gasteiger partial charge in [-0.3, -0.25) is 19.3 Å². The molecule has 1 saturated heterocycles. The average molecular weight is 477 g/mol. The third-order valence-electron chi connectivity index (χ3n) is 4.83. The van der Waals surface area contributed by atoms with Gasteiger partial charge in [-0.25, -0.2) is 0 Å². The molecule has 7 nitrogen and oxygen atoms in total. The smallest absolute Gasteiger partial charge is 0.387 e. The van der Waals surface area contributed by atoms with Crippen molar-refractivity contribution in [3.8, 4) is 11.5 Å². The molecule has 0 aliphatic carbocycles. The number of nitrogens with zero attached hydrogens (tertiary/aromatic N) is 1. The van der Waals surface area contributed by atoms with E-state index in [1.165, 1.54) is 31.4 Å². The van der Waals surface area contributed by atoms with Gasteiger partial charge in [-0.05, 0) is 61.0 Å². The lowest BCUT2D eigenvalue weighted by Gasteiger charge is -2.14. The van der Waals surface area contributed by atoms with Crippen LogP contribution < -0.4 is 14.8 Å². The average Bonchev–Trinajstić information content (AvgIpc) is 3.03. The van der Waals surface area contributed by atoms with Crippen molar-refractivity contribution in [3.63, 3.8) is 0 Å². The maximum Gasteiger partial charge on any atom is 0.387 e. The van der Waals surface area contributed by atoms with Crippen LogP contribution in [0.2, 0.25) is 0 Å². The van der Waals surface area contributed by atoms with Gasteiger partial charge in [0.25, 0.3) is 17.1 Å². The summed E-state index contributed by atoms with van der Waals surface area (Å²) in [5, 5.41) is 2.27. The quantitative estimate of drug-likeness (QED) is 0.570. The van der Waals surface area contributed by atoms with E-state index in [1.807, 2.05) is 26.0 Å². The third kappa shape index (κ3) is 5.89. The maximum absolute atomic E-state index is 12.7. The van der Waals surface area contributed by atoms with Crippen LogP contribution in [0.3, 0.4) is 0 Å². The van der Waals surface area contributed by atoms with Gasteiger partial charge in [0.1, 0.15) is 0 Å². The fraction of sp³-hybridized carbons (Fsp3) is 0.261. The molecule has 33 heavy (non-hydrogen) atoms. The van der Waals surface area contributed by atoms with Crippen LogP contribution in [0.4, 0.5) is 13.6 Å². The van der Waals surface area contributed by atoms with Crippen LogP contribution in [-0.2, 0) is 4.79 Å². The zero-order chi connectivity index (χ0) is 24.1. The molecule has 0 spiro atoms. The summed E-state index contributed by atoms with van der Waals surface area (Å²) in [6.45, 7) is 0.833. The Hall–Kier alpha value is -3.40. The molecule has 3 amide bonds. The lowest BCUT2D eigenvalue weighted by molar-refractivity contribution is -0.122. The Morgan fingerprint density at radius 2 is 1.91 bits per heavy atom. The van der Waals surface area contributed by atoms with Crippen molar-refractivity contribution in [2.24, 2.45) is 0 Å². The number of hydrogen-bond acceptors (Lipinski definition) is 6. The fourth-order valence-corrected chi connectivity index (χ4v) is 4.03. The molecule has 1 aliphatic heterocycles. The topological polar surface area (TPSA) is 84.9 Å². The highest BCUT2D eigenvalue weighted by Gasteiger charge is 2.34. The predicted octanol–water partition coefficient (Wildman–Crippen LogP) is 4.38. The molecule has 1 aliphatic rings. The first-order chi connectivity index (χ1) is 15.7. The Kier molecular flexibility index (Phi) is 7.70.